The third kappa shape index (κ3) is 3.18. The van der Waals surface area contributed by atoms with Gasteiger partial charge in [-0.25, -0.2) is 0 Å². The van der Waals surface area contributed by atoms with Crippen LogP contribution in [0.2, 0.25) is 0 Å². The Hall–Kier alpha value is -0.610. The molecule has 4 nitrogen and oxygen atoms in total. The Morgan fingerprint density at radius 3 is 2.60 bits per heavy atom. The SMILES string of the molecule is CC(CN)C(=O)N(CCO)C1CCCC1. The van der Waals surface area contributed by atoms with Crippen LogP contribution < -0.4 is 5.73 Å². The Kier molecular flexibility index (Phi) is 5.05. The van der Waals surface area contributed by atoms with Crippen LogP contribution in [0, 0.1) is 5.92 Å². The van der Waals surface area contributed by atoms with E-state index in [1.54, 1.807) is 0 Å². The third-order valence-corrected chi connectivity index (χ3v) is 3.16. The van der Waals surface area contributed by atoms with E-state index in [0.29, 0.717) is 19.1 Å². The first-order valence-electron chi connectivity index (χ1n) is 5.82. The van der Waals surface area contributed by atoms with Crippen LogP contribution in [0.25, 0.3) is 0 Å². The number of carbonyl (C=O) groups is 1. The zero-order chi connectivity index (χ0) is 11.3. The van der Waals surface area contributed by atoms with Crippen LogP contribution in [0.5, 0.6) is 0 Å². The number of rotatable bonds is 5. The summed E-state index contributed by atoms with van der Waals surface area (Å²) < 4.78 is 0. The lowest BCUT2D eigenvalue weighted by Crippen LogP contribution is -2.44. The van der Waals surface area contributed by atoms with Gasteiger partial charge in [0.1, 0.15) is 0 Å². The fraction of sp³-hybridized carbons (Fsp3) is 0.909. The molecule has 1 unspecified atom stereocenters. The summed E-state index contributed by atoms with van der Waals surface area (Å²) in [6.07, 6.45) is 4.53. The lowest BCUT2D eigenvalue weighted by Gasteiger charge is -2.30. The molecule has 1 aliphatic rings. The lowest BCUT2D eigenvalue weighted by molar-refractivity contribution is -0.137. The summed E-state index contributed by atoms with van der Waals surface area (Å²) in [4.78, 5) is 13.8. The van der Waals surface area contributed by atoms with Gasteiger partial charge in [0.2, 0.25) is 5.91 Å². The zero-order valence-corrected chi connectivity index (χ0v) is 9.48. The number of aliphatic hydroxyl groups excluding tert-OH is 1. The predicted octanol–water partition coefficient (Wildman–Crippen LogP) is 0.345. The lowest BCUT2D eigenvalue weighted by atomic mass is 10.1. The second kappa shape index (κ2) is 6.08. The molecule has 0 saturated heterocycles. The van der Waals surface area contributed by atoms with E-state index in [0.717, 1.165) is 12.8 Å². The second-order valence-electron chi connectivity index (χ2n) is 4.33. The normalized spacial score (nSPS) is 19.1. The highest BCUT2D eigenvalue weighted by molar-refractivity contribution is 5.79. The monoisotopic (exact) mass is 214 g/mol. The minimum Gasteiger partial charge on any atom is -0.395 e. The van der Waals surface area contributed by atoms with Crippen LogP contribution in [0.3, 0.4) is 0 Å². The fourth-order valence-corrected chi connectivity index (χ4v) is 2.18. The van der Waals surface area contributed by atoms with E-state index in [1.807, 2.05) is 11.8 Å². The van der Waals surface area contributed by atoms with Crippen LogP contribution in [0.1, 0.15) is 32.6 Å². The molecule has 0 spiro atoms. The Balaban J connectivity index is 2.59. The first-order chi connectivity index (χ1) is 7.20. The molecule has 15 heavy (non-hydrogen) atoms. The molecule has 0 aromatic rings. The van der Waals surface area contributed by atoms with Gasteiger partial charge >= 0.3 is 0 Å². The van der Waals surface area contributed by atoms with Gasteiger partial charge in [-0.05, 0) is 12.8 Å². The van der Waals surface area contributed by atoms with Crippen LogP contribution in [-0.2, 0) is 4.79 Å². The maximum Gasteiger partial charge on any atom is 0.227 e. The second-order valence-corrected chi connectivity index (χ2v) is 4.33. The third-order valence-electron chi connectivity index (χ3n) is 3.16. The molecule has 0 aromatic heterocycles. The molecule has 1 rings (SSSR count). The number of aliphatic hydroxyl groups is 1. The quantitative estimate of drug-likeness (QED) is 0.693. The average Bonchev–Trinajstić information content (AvgIpc) is 2.77. The standard InChI is InChI=1S/C11H22N2O2/c1-9(8-12)11(15)13(6-7-14)10-4-2-3-5-10/h9-10,14H,2-8,12H2,1H3. The van der Waals surface area contributed by atoms with E-state index >= 15 is 0 Å². The van der Waals surface area contributed by atoms with Crippen molar-refractivity contribution in [2.45, 2.75) is 38.6 Å². The molecule has 4 heteroatoms. The number of hydrogen-bond acceptors (Lipinski definition) is 3. The van der Waals surface area contributed by atoms with Gasteiger partial charge in [-0.15, -0.1) is 0 Å². The van der Waals surface area contributed by atoms with E-state index < -0.39 is 0 Å². The van der Waals surface area contributed by atoms with E-state index in [2.05, 4.69) is 0 Å². The van der Waals surface area contributed by atoms with Crippen molar-refractivity contribution in [2.75, 3.05) is 19.7 Å². The van der Waals surface area contributed by atoms with Crippen molar-refractivity contribution >= 4 is 5.91 Å². The molecule has 0 radical (unpaired) electrons. The molecule has 0 heterocycles. The summed E-state index contributed by atoms with van der Waals surface area (Å²) in [7, 11) is 0. The average molecular weight is 214 g/mol. The van der Waals surface area contributed by atoms with Gasteiger partial charge in [-0.3, -0.25) is 4.79 Å². The number of amides is 1. The molecular weight excluding hydrogens is 192 g/mol. The largest absolute Gasteiger partial charge is 0.395 e. The van der Waals surface area contributed by atoms with Crippen molar-refractivity contribution in [2.24, 2.45) is 11.7 Å². The summed E-state index contributed by atoms with van der Waals surface area (Å²) in [5.74, 6) is -0.0319. The molecular formula is C11H22N2O2. The van der Waals surface area contributed by atoms with Crippen molar-refractivity contribution in [1.29, 1.82) is 0 Å². The van der Waals surface area contributed by atoms with Gasteiger partial charge in [-0.1, -0.05) is 19.8 Å². The number of hydrogen-bond donors (Lipinski definition) is 2. The summed E-state index contributed by atoms with van der Waals surface area (Å²) in [5, 5.41) is 8.98. The highest BCUT2D eigenvalue weighted by Gasteiger charge is 2.28. The molecule has 1 saturated carbocycles. The highest BCUT2D eigenvalue weighted by atomic mass is 16.3. The zero-order valence-electron chi connectivity index (χ0n) is 9.48. The summed E-state index contributed by atoms with van der Waals surface area (Å²) in [6, 6.07) is 0.332. The van der Waals surface area contributed by atoms with Crippen LogP contribution in [-0.4, -0.2) is 41.7 Å². The molecule has 0 bridgehead atoms. The van der Waals surface area contributed by atoms with Gasteiger partial charge in [0.05, 0.1) is 6.61 Å². The summed E-state index contributed by atoms with van der Waals surface area (Å²) in [5.41, 5.74) is 5.50. The van der Waals surface area contributed by atoms with Gasteiger partial charge in [0.25, 0.3) is 0 Å². The molecule has 3 N–H and O–H groups in total. The molecule has 1 fully saturated rings. The molecule has 88 valence electrons. The summed E-state index contributed by atoms with van der Waals surface area (Å²) in [6.45, 7) is 2.72. The molecule has 1 aliphatic carbocycles. The molecule has 0 aromatic carbocycles. The summed E-state index contributed by atoms with van der Waals surface area (Å²) >= 11 is 0. The Morgan fingerprint density at radius 1 is 1.53 bits per heavy atom. The fourth-order valence-electron chi connectivity index (χ4n) is 2.18. The minimum atomic E-state index is -0.128. The van der Waals surface area contributed by atoms with Crippen LogP contribution in [0.15, 0.2) is 0 Å². The Morgan fingerprint density at radius 2 is 2.13 bits per heavy atom. The van der Waals surface area contributed by atoms with Crippen LogP contribution >= 0.6 is 0 Å². The first-order valence-corrected chi connectivity index (χ1v) is 5.82. The van der Waals surface area contributed by atoms with E-state index in [4.69, 9.17) is 10.8 Å². The molecule has 0 aliphatic heterocycles. The minimum absolute atomic E-state index is 0.0412. The van der Waals surface area contributed by atoms with Gasteiger partial charge in [0.15, 0.2) is 0 Å². The smallest absolute Gasteiger partial charge is 0.227 e. The van der Waals surface area contributed by atoms with E-state index in [1.165, 1.54) is 12.8 Å². The van der Waals surface area contributed by atoms with Gasteiger partial charge < -0.3 is 15.7 Å². The van der Waals surface area contributed by atoms with E-state index in [9.17, 15) is 4.79 Å². The van der Waals surface area contributed by atoms with Crippen molar-refractivity contribution in [3.8, 4) is 0 Å². The number of carbonyl (C=O) groups excluding carboxylic acids is 1. The Labute approximate surface area is 91.4 Å². The number of nitrogens with two attached hydrogens (primary N) is 1. The predicted molar refractivity (Wildman–Crippen MR) is 59.3 cm³/mol. The van der Waals surface area contributed by atoms with Gasteiger partial charge in [0, 0.05) is 25.0 Å². The first kappa shape index (κ1) is 12.5. The van der Waals surface area contributed by atoms with Crippen LogP contribution in [0.4, 0.5) is 0 Å². The highest BCUT2D eigenvalue weighted by Crippen LogP contribution is 2.24. The van der Waals surface area contributed by atoms with E-state index in [-0.39, 0.29) is 18.4 Å². The number of nitrogens with zero attached hydrogens (tertiary/aromatic N) is 1. The Bertz CT molecular complexity index is 203. The van der Waals surface area contributed by atoms with Crippen molar-refractivity contribution in [3.05, 3.63) is 0 Å². The van der Waals surface area contributed by atoms with Crippen molar-refractivity contribution in [1.82, 2.24) is 4.90 Å². The molecule has 1 amide bonds. The topological polar surface area (TPSA) is 66.6 Å². The van der Waals surface area contributed by atoms with Gasteiger partial charge in [-0.2, -0.15) is 0 Å². The maximum absolute atomic E-state index is 12.0. The van der Waals surface area contributed by atoms with Crippen molar-refractivity contribution in [3.63, 3.8) is 0 Å². The van der Waals surface area contributed by atoms with Crippen molar-refractivity contribution < 1.29 is 9.90 Å². The maximum atomic E-state index is 12.0. The molecule has 1 atom stereocenters.